The van der Waals surface area contributed by atoms with E-state index in [2.05, 4.69) is 13.2 Å². The molecule has 0 saturated heterocycles. The summed E-state index contributed by atoms with van der Waals surface area (Å²) >= 11 is 0. The molecular formula is C24H29NO3. The fourth-order valence-electron chi connectivity index (χ4n) is 2.82. The van der Waals surface area contributed by atoms with Gasteiger partial charge in [0.2, 0.25) is 0 Å². The summed E-state index contributed by atoms with van der Waals surface area (Å²) in [5.41, 5.74) is 2.06. The van der Waals surface area contributed by atoms with Crippen molar-refractivity contribution in [2.45, 2.75) is 32.1 Å². The third-order valence-corrected chi connectivity index (χ3v) is 4.32. The van der Waals surface area contributed by atoms with E-state index in [1.54, 1.807) is 11.0 Å². The standard InChI is InChI=1S/C24H29NO3/c1-3-5-17-25(24(26)28-19-22-15-10-7-11-16-22)23(12-4-2)20-27-18-21-13-8-6-9-14-21/h3-4,6-11,13-16,23H,1-2,5,12,17-20H2/t23-/m0/s1. The lowest BCUT2D eigenvalue weighted by Crippen LogP contribution is -2.43. The second-order valence-electron chi connectivity index (χ2n) is 6.49. The van der Waals surface area contributed by atoms with Gasteiger partial charge in [0.1, 0.15) is 6.61 Å². The summed E-state index contributed by atoms with van der Waals surface area (Å²) < 4.78 is 11.4. The average Bonchev–Trinajstić information content (AvgIpc) is 2.74. The largest absolute Gasteiger partial charge is 0.445 e. The molecule has 0 radical (unpaired) electrons. The molecule has 2 aromatic carbocycles. The highest BCUT2D eigenvalue weighted by Gasteiger charge is 2.24. The number of nitrogens with zero attached hydrogens (tertiary/aromatic N) is 1. The maximum absolute atomic E-state index is 12.8. The summed E-state index contributed by atoms with van der Waals surface area (Å²) in [4.78, 5) is 14.5. The Morgan fingerprint density at radius 2 is 1.54 bits per heavy atom. The highest BCUT2D eigenvalue weighted by Crippen LogP contribution is 2.13. The highest BCUT2D eigenvalue weighted by molar-refractivity contribution is 5.68. The summed E-state index contributed by atoms with van der Waals surface area (Å²) in [6.07, 6.45) is 4.58. The zero-order valence-corrected chi connectivity index (χ0v) is 16.3. The topological polar surface area (TPSA) is 38.8 Å². The lowest BCUT2D eigenvalue weighted by Gasteiger charge is -2.30. The van der Waals surface area contributed by atoms with E-state index >= 15 is 0 Å². The molecule has 1 atom stereocenters. The molecule has 0 saturated carbocycles. The fourth-order valence-corrected chi connectivity index (χ4v) is 2.82. The maximum atomic E-state index is 12.8. The van der Waals surface area contributed by atoms with Crippen LogP contribution in [0, 0.1) is 0 Å². The van der Waals surface area contributed by atoms with Crippen LogP contribution in [0.4, 0.5) is 4.79 Å². The van der Waals surface area contributed by atoms with Gasteiger partial charge < -0.3 is 14.4 Å². The van der Waals surface area contributed by atoms with Crippen LogP contribution >= 0.6 is 0 Å². The Kier molecular flexibility index (Phi) is 9.59. The van der Waals surface area contributed by atoms with E-state index < -0.39 is 0 Å². The Hall–Kier alpha value is -2.85. The first-order valence-electron chi connectivity index (χ1n) is 9.55. The first-order chi connectivity index (χ1) is 13.7. The predicted octanol–water partition coefficient (Wildman–Crippen LogP) is 5.36. The van der Waals surface area contributed by atoms with Crippen molar-refractivity contribution >= 4 is 6.09 Å². The molecule has 2 aromatic rings. The quantitative estimate of drug-likeness (QED) is 0.466. The zero-order chi connectivity index (χ0) is 20.0. The summed E-state index contributed by atoms with van der Waals surface area (Å²) in [5, 5.41) is 0. The van der Waals surface area contributed by atoms with Gasteiger partial charge in [-0.2, -0.15) is 0 Å². The monoisotopic (exact) mass is 379 g/mol. The van der Waals surface area contributed by atoms with Gasteiger partial charge in [0.05, 0.1) is 19.3 Å². The second kappa shape index (κ2) is 12.5. The van der Waals surface area contributed by atoms with Crippen LogP contribution in [0.2, 0.25) is 0 Å². The minimum atomic E-state index is -0.346. The van der Waals surface area contributed by atoms with E-state index in [0.29, 0.717) is 32.6 Å². The number of benzene rings is 2. The van der Waals surface area contributed by atoms with Gasteiger partial charge in [-0.15, -0.1) is 13.2 Å². The Morgan fingerprint density at radius 3 is 2.11 bits per heavy atom. The molecule has 0 aliphatic rings. The van der Waals surface area contributed by atoms with Crippen LogP contribution in [0.5, 0.6) is 0 Å². The summed E-state index contributed by atoms with van der Waals surface area (Å²) in [6, 6.07) is 19.5. The molecule has 148 valence electrons. The summed E-state index contributed by atoms with van der Waals surface area (Å²) in [6.45, 7) is 9.29. The molecular weight excluding hydrogens is 350 g/mol. The van der Waals surface area contributed by atoms with Crippen molar-refractivity contribution in [3.8, 4) is 0 Å². The molecule has 2 rings (SSSR count). The molecule has 0 aromatic heterocycles. The van der Waals surface area contributed by atoms with Crippen LogP contribution in [-0.2, 0) is 22.7 Å². The van der Waals surface area contributed by atoms with Gasteiger partial charge in [-0.05, 0) is 24.0 Å². The number of carbonyl (C=O) groups is 1. The van der Waals surface area contributed by atoms with Crippen LogP contribution in [0.15, 0.2) is 86.0 Å². The third-order valence-electron chi connectivity index (χ3n) is 4.32. The van der Waals surface area contributed by atoms with E-state index in [1.807, 2.05) is 66.7 Å². The summed E-state index contributed by atoms with van der Waals surface area (Å²) in [7, 11) is 0. The lowest BCUT2D eigenvalue weighted by molar-refractivity contribution is 0.0359. The maximum Gasteiger partial charge on any atom is 0.410 e. The van der Waals surface area contributed by atoms with Gasteiger partial charge >= 0.3 is 6.09 Å². The Bertz CT molecular complexity index is 715. The molecule has 0 N–H and O–H groups in total. The van der Waals surface area contributed by atoms with Crippen LogP contribution in [0.25, 0.3) is 0 Å². The number of ether oxygens (including phenoxy) is 2. The van der Waals surface area contributed by atoms with Crippen molar-refractivity contribution in [3.05, 3.63) is 97.1 Å². The first-order valence-corrected chi connectivity index (χ1v) is 9.55. The van der Waals surface area contributed by atoms with Crippen molar-refractivity contribution in [3.63, 3.8) is 0 Å². The van der Waals surface area contributed by atoms with E-state index in [9.17, 15) is 4.79 Å². The number of hydrogen-bond acceptors (Lipinski definition) is 3. The third kappa shape index (κ3) is 7.41. The second-order valence-corrected chi connectivity index (χ2v) is 6.49. The zero-order valence-electron chi connectivity index (χ0n) is 16.3. The fraction of sp³-hybridized carbons (Fsp3) is 0.292. The number of hydrogen-bond donors (Lipinski definition) is 0. The minimum Gasteiger partial charge on any atom is -0.445 e. The van der Waals surface area contributed by atoms with Gasteiger partial charge in [-0.25, -0.2) is 4.79 Å². The van der Waals surface area contributed by atoms with Crippen molar-refractivity contribution in [2.75, 3.05) is 13.2 Å². The van der Waals surface area contributed by atoms with Crippen LogP contribution in [-0.4, -0.2) is 30.2 Å². The minimum absolute atomic E-state index is 0.135. The Labute approximate surface area is 168 Å². The molecule has 0 aliphatic heterocycles. The normalized spacial score (nSPS) is 11.4. The average molecular weight is 380 g/mol. The van der Waals surface area contributed by atoms with Gasteiger partial charge in [0, 0.05) is 6.54 Å². The SMILES string of the molecule is C=CCCN(C(=O)OCc1ccccc1)[C@@H](CC=C)COCc1ccccc1. The van der Waals surface area contributed by atoms with Gasteiger partial charge in [0.15, 0.2) is 0 Å². The number of carbonyl (C=O) groups excluding carboxylic acids is 1. The molecule has 0 bridgehead atoms. The van der Waals surface area contributed by atoms with Gasteiger partial charge in [-0.3, -0.25) is 0 Å². The van der Waals surface area contributed by atoms with Crippen LogP contribution < -0.4 is 0 Å². The molecule has 0 spiro atoms. The van der Waals surface area contributed by atoms with Crippen molar-refractivity contribution in [1.82, 2.24) is 4.90 Å². The molecule has 4 nitrogen and oxygen atoms in total. The van der Waals surface area contributed by atoms with E-state index in [1.165, 1.54) is 0 Å². The molecule has 0 aliphatic carbocycles. The van der Waals surface area contributed by atoms with Gasteiger partial charge in [-0.1, -0.05) is 72.8 Å². The van der Waals surface area contributed by atoms with Crippen molar-refractivity contribution in [1.29, 1.82) is 0 Å². The lowest BCUT2D eigenvalue weighted by atomic mass is 10.1. The molecule has 1 amide bonds. The predicted molar refractivity (Wildman–Crippen MR) is 113 cm³/mol. The van der Waals surface area contributed by atoms with E-state index in [-0.39, 0.29) is 18.7 Å². The molecule has 0 fully saturated rings. The smallest absolute Gasteiger partial charge is 0.410 e. The molecule has 28 heavy (non-hydrogen) atoms. The van der Waals surface area contributed by atoms with Crippen LogP contribution in [0.3, 0.4) is 0 Å². The first kappa shape index (κ1) is 21.5. The van der Waals surface area contributed by atoms with Crippen LogP contribution in [0.1, 0.15) is 24.0 Å². The Balaban J connectivity index is 1.97. The summed E-state index contributed by atoms with van der Waals surface area (Å²) in [5.74, 6) is 0. The van der Waals surface area contributed by atoms with Gasteiger partial charge in [0.25, 0.3) is 0 Å². The van der Waals surface area contributed by atoms with Crippen molar-refractivity contribution in [2.24, 2.45) is 0 Å². The molecule has 0 heterocycles. The molecule has 0 unspecified atom stereocenters. The highest BCUT2D eigenvalue weighted by atomic mass is 16.6. The van der Waals surface area contributed by atoms with E-state index in [4.69, 9.17) is 9.47 Å². The number of rotatable bonds is 12. The van der Waals surface area contributed by atoms with Crippen molar-refractivity contribution < 1.29 is 14.3 Å². The number of amides is 1. The Morgan fingerprint density at radius 1 is 0.929 bits per heavy atom. The van der Waals surface area contributed by atoms with E-state index in [0.717, 1.165) is 11.1 Å². The molecule has 4 heteroatoms.